The zero-order chi connectivity index (χ0) is 16.1. The Morgan fingerprint density at radius 3 is 2.78 bits per heavy atom. The van der Waals surface area contributed by atoms with Gasteiger partial charge in [0.15, 0.2) is 0 Å². The van der Waals surface area contributed by atoms with Gasteiger partial charge in [-0.1, -0.05) is 5.16 Å². The van der Waals surface area contributed by atoms with E-state index >= 15 is 0 Å². The van der Waals surface area contributed by atoms with Crippen molar-refractivity contribution in [2.75, 3.05) is 11.9 Å². The van der Waals surface area contributed by atoms with Gasteiger partial charge >= 0.3 is 0 Å². The highest BCUT2D eigenvalue weighted by Crippen LogP contribution is 2.16. The molecular weight excluding hydrogens is 297 g/mol. The lowest BCUT2D eigenvalue weighted by molar-refractivity contribution is 0.377. The van der Waals surface area contributed by atoms with Gasteiger partial charge in [-0.25, -0.2) is 14.4 Å². The molecule has 0 spiro atoms. The molecule has 3 rings (SSSR count). The molecule has 0 aliphatic heterocycles. The molecule has 0 fully saturated rings. The van der Waals surface area contributed by atoms with Crippen molar-refractivity contribution in [1.29, 1.82) is 0 Å². The highest BCUT2D eigenvalue weighted by molar-refractivity contribution is 5.53. The third kappa shape index (κ3) is 4.09. The van der Waals surface area contributed by atoms with E-state index in [4.69, 9.17) is 4.52 Å². The normalized spacial score (nSPS) is 10.7. The lowest BCUT2D eigenvalue weighted by Gasteiger charge is -2.03. The van der Waals surface area contributed by atoms with E-state index in [-0.39, 0.29) is 5.82 Å². The molecule has 0 aliphatic carbocycles. The summed E-state index contributed by atoms with van der Waals surface area (Å²) in [5.74, 6) is 1.54. The molecular formula is C16H16FN5O. The molecule has 0 saturated heterocycles. The van der Waals surface area contributed by atoms with Crippen molar-refractivity contribution in [2.24, 2.45) is 0 Å². The van der Waals surface area contributed by atoms with Crippen molar-refractivity contribution in [3.05, 3.63) is 54.1 Å². The quantitative estimate of drug-likeness (QED) is 0.705. The molecule has 0 bridgehead atoms. The standard InChI is InChI=1S/C16H16FN5O/c1-11-9-14(20-10-19-11)18-8-2-3-15-21-16(22-23-15)12-4-6-13(17)7-5-12/h4-7,9-10H,2-3,8H2,1H3,(H,18,19,20). The van der Waals surface area contributed by atoms with E-state index in [2.05, 4.69) is 25.4 Å². The fourth-order valence-corrected chi connectivity index (χ4v) is 2.08. The summed E-state index contributed by atoms with van der Waals surface area (Å²) in [6.45, 7) is 2.66. The minimum absolute atomic E-state index is 0.288. The summed E-state index contributed by atoms with van der Waals surface area (Å²) in [6, 6.07) is 7.89. The maximum atomic E-state index is 12.9. The predicted octanol–water partition coefficient (Wildman–Crippen LogP) is 3.02. The van der Waals surface area contributed by atoms with Gasteiger partial charge in [0.25, 0.3) is 0 Å². The second-order valence-corrected chi connectivity index (χ2v) is 5.09. The first kappa shape index (κ1) is 15.1. The summed E-state index contributed by atoms with van der Waals surface area (Å²) in [6.07, 6.45) is 3.02. The van der Waals surface area contributed by atoms with Gasteiger partial charge in [0.2, 0.25) is 11.7 Å². The van der Waals surface area contributed by atoms with Crippen molar-refractivity contribution in [3.8, 4) is 11.4 Å². The second kappa shape index (κ2) is 6.95. The zero-order valence-corrected chi connectivity index (χ0v) is 12.7. The highest BCUT2D eigenvalue weighted by Gasteiger charge is 2.08. The number of hydrogen-bond acceptors (Lipinski definition) is 6. The Hall–Kier alpha value is -2.83. The first-order chi connectivity index (χ1) is 11.2. The monoisotopic (exact) mass is 313 g/mol. The van der Waals surface area contributed by atoms with E-state index in [0.717, 1.165) is 30.0 Å². The molecule has 2 aromatic heterocycles. The fourth-order valence-electron chi connectivity index (χ4n) is 2.08. The van der Waals surface area contributed by atoms with Crippen LogP contribution < -0.4 is 5.32 Å². The predicted molar refractivity (Wildman–Crippen MR) is 83.3 cm³/mol. The Kier molecular flexibility index (Phi) is 4.56. The molecule has 0 unspecified atom stereocenters. The van der Waals surface area contributed by atoms with Crippen molar-refractivity contribution < 1.29 is 8.91 Å². The van der Waals surface area contributed by atoms with Gasteiger partial charge in [0, 0.05) is 30.3 Å². The summed E-state index contributed by atoms with van der Waals surface area (Å²) in [4.78, 5) is 12.5. The lowest BCUT2D eigenvalue weighted by Crippen LogP contribution is -2.05. The van der Waals surface area contributed by atoms with Crippen LogP contribution in [0.15, 0.2) is 41.2 Å². The molecule has 7 heteroatoms. The van der Waals surface area contributed by atoms with Gasteiger partial charge in [-0.15, -0.1) is 0 Å². The van der Waals surface area contributed by atoms with Crippen LogP contribution in [0.4, 0.5) is 10.2 Å². The van der Waals surface area contributed by atoms with Crippen LogP contribution in [0.3, 0.4) is 0 Å². The van der Waals surface area contributed by atoms with Crippen molar-refractivity contribution >= 4 is 5.82 Å². The highest BCUT2D eigenvalue weighted by atomic mass is 19.1. The number of aromatic nitrogens is 4. The van der Waals surface area contributed by atoms with E-state index < -0.39 is 0 Å². The smallest absolute Gasteiger partial charge is 0.227 e. The van der Waals surface area contributed by atoms with Crippen LogP contribution in [0, 0.1) is 12.7 Å². The van der Waals surface area contributed by atoms with Gasteiger partial charge in [-0.05, 0) is 37.6 Å². The molecule has 0 amide bonds. The molecule has 6 nitrogen and oxygen atoms in total. The third-order valence-electron chi connectivity index (χ3n) is 3.25. The molecule has 3 aromatic rings. The number of rotatable bonds is 6. The number of halogens is 1. The summed E-state index contributed by atoms with van der Waals surface area (Å²) in [5, 5.41) is 7.13. The topological polar surface area (TPSA) is 76.7 Å². The van der Waals surface area contributed by atoms with Crippen molar-refractivity contribution in [1.82, 2.24) is 20.1 Å². The number of nitrogens with one attached hydrogen (secondary N) is 1. The fraction of sp³-hybridized carbons (Fsp3) is 0.250. The average molecular weight is 313 g/mol. The molecule has 0 atom stereocenters. The summed E-state index contributed by atoms with van der Waals surface area (Å²) in [5.41, 5.74) is 1.65. The molecule has 1 aromatic carbocycles. The van der Waals surface area contributed by atoms with E-state index in [1.54, 1.807) is 12.1 Å². The molecule has 23 heavy (non-hydrogen) atoms. The van der Waals surface area contributed by atoms with E-state index in [1.165, 1.54) is 18.5 Å². The first-order valence-corrected chi connectivity index (χ1v) is 7.32. The maximum Gasteiger partial charge on any atom is 0.227 e. The molecule has 0 saturated carbocycles. The van der Waals surface area contributed by atoms with Crippen LogP contribution in [-0.4, -0.2) is 26.7 Å². The Balaban J connectivity index is 1.50. The zero-order valence-electron chi connectivity index (χ0n) is 12.7. The Morgan fingerprint density at radius 2 is 2.00 bits per heavy atom. The summed E-state index contributed by atoms with van der Waals surface area (Å²) in [7, 11) is 0. The number of anilines is 1. The van der Waals surface area contributed by atoms with Crippen LogP contribution in [0.25, 0.3) is 11.4 Å². The Labute approximate surface area is 132 Å². The molecule has 2 heterocycles. The summed E-state index contributed by atoms with van der Waals surface area (Å²) >= 11 is 0. The SMILES string of the molecule is Cc1cc(NCCCc2nc(-c3ccc(F)cc3)no2)ncn1. The number of nitrogens with zero attached hydrogens (tertiary/aromatic N) is 4. The van der Waals surface area contributed by atoms with Gasteiger partial charge < -0.3 is 9.84 Å². The lowest BCUT2D eigenvalue weighted by atomic mass is 10.2. The first-order valence-electron chi connectivity index (χ1n) is 7.32. The van der Waals surface area contributed by atoms with Crippen LogP contribution in [0.5, 0.6) is 0 Å². The van der Waals surface area contributed by atoms with E-state index in [9.17, 15) is 4.39 Å². The second-order valence-electron chi connectivity index (χ2n) is 5.09. The minimum atomic E-state index is -0.288. The van der Waals surface area contributed by atoms with Gasteiger partial charge in [-0.2, -0.15) is 4.98 Å². The Morgan fingerprint density at radius 1 is 1.17 bits per heavy atom. The molecule has 0 aliphatic rings. The molecule has 1 N–H and O–H groups in total. The van der Waals surface area contributed by atoms with Crippen LogP contribution >= 0.6 is 0 Å². The van der Waals surface area contributed by atoms with Gasteiger partial charge in [-0.3, -0.25) is 0 Å². The minimum Gasteiger partial charge on any atom is -0.370 e. The van der Waals surface area contributed by atoms with Crippen LogP contribution in [-0.2, 0) is 6.42 Å². The van der Waals surface area contributed by atoms with Crippen molar-refractivity contribution in [3.63, 3.8) is 0 Å². The third-order valence-corrected chi connectivity index (χ3v) is 3.25. The van der Waals surface area contributed by atoms with Crippen LogP contribution in [0.1, 0.15) is 18.0 Å². The van der Waals surface area contributed by atoms with E-state index in [1.807, 2.05) is 13.0 Å². The maximum absolute atomic E-state index is 12.9. The number of benzene rings is 1. The average Bonchev–Trinajstić information content (AvgIpc) is 3.01. The Bertz CT molecular complexity index is 772. The number of hydrogen-bond donors (Lipinski definition) is 1. The van der Waals surface area contributed by atoms with Crippen LogP contribution in [0.2, 0.25) is 0 Å². The van der Waals surface area contributed by atoms with Gasteiger partial charge in [0.1, 0.15) is 18.0 Å². The largest absolute Gasteiger partial charge is 0.370 e. The number of aryl methyl sites for hydroxylation is 2. The molecule has 118 valence electrons. The summed E-state index contributed by atoms with van der Waals surface area (Å²) < 4.78 is 18.1. The van der Waals surface area contributed by atoms with E-state index in [0.29, 0.717) is 18.1 Å². The molecule has 0 radical (unpaired) electrons. The van der Waals surface area contributed by atoms with Gasteiger partial charge in [0.05, 0.1) is 0 Å². The van der Waals surface area contributed by atoms with Crippen molar-refractivity contribution in [2.45, 2.75) is 19.8 Å².